The van der Waals surface area contributed by atoms with Crippen LogP contribution in [0.15, 0.2) is 23.8 Å². The molecule has 0 N–H and O–H groups in total. The van der Waals surface area contributed by atoms with Crippen molar-refractivity contribution in [2.75, 3.05) is 0 Å². The molecule has 0 aliphatic heterocycles. The lowest BCUT2D eigenvalue weighted by molar-refractivity contribution is 1.30. The van der Waals surface area contributed by atoms with Gasteiger partial charge in [-0.15, -0.1) is 0 Å². The van der Waals surface area contributed by atoms with Crippen LogP contribution in [0.2, 0.25) is 0 Å². The van der Waals surface area contributed by atoms with E-state index in [4.69, 9.17) is 0 Å². The minimum Gasteiger partial charge on any atom is -0.0988 e. The van der Waals surface area contributed by atoms with E-state index in [2.05, 4.69) is 27.4 Å². The van der Waals surface area contributed by atoms with Crippen molar-refractivity contribution in [2.24, 2.45) is 0 Å². The molecule has 0 spiro atoms. The zero-order valence-corrected chi connectivity index (χ0v) is 7.28. The van der Waals surface area contributed by atoms with Gasteiger partial charge < -0.3 is 0 Å². The van der Waals surface area contributed by atoms with Gasteiger partial charge in [-0.1, -0.05) is 37.6 Å². The summed E-state index contributed by atoms with van der Waals surface area (Å²) < 4.78 is 0. The number of allylic oxidation sites excluding steroid dienone is 3. The van der Waals surface area contributed by atoms with E-state index in [0.717, 1.165) is 0 Å². The second-order valence-corrected chi connectivity index (χ2v) is 1.89. The fourth-order valence-corrected chi connectivity index (χ4v) is 0.204. The van der Waals surface area contributed by atoms with E-state index in [9.17, 15) is 0 Å². The second-order valence-electron chi connectivity index (χ2n) is 1.89. The Morgan fingerprint density at radius 2 is 1.44 bits per heavy atom. The second kappa shape index (κ2) is 7.48. The molecule has 9 heavy (non-hydrogen) atoms. The summed E-state index contributed by atoms with van der Waals surface area (Å²) in [5, 5.41) is 0. The summed E-state index contributed by atoms with van der Waals surface area (Å²) in [5.41, 5.74) is 2.62. The first kappa shape index (κ1) is 11.3. The van der Waals surface area contributed by atoms with E-state index in [-0.39, 0.29) is 0 Å². The van der Waals surface area contributed by atoms with Crippen molar-refractivity contribution in [1.29, 1.82) is 0 Å². The van der Waals surface area contributed by atoms with E-state index in [1.165, 1.54) is 11.1 Å². The molecule has 0 saturated heterocycles. The van der Waals surface area contributed by atoms with Crippen LogP contribution < -0.4 is 0 Å². The van der Waals surface area contributed by atoms with Gasteiger partial charge >= 0.3 is 0 Å². The Hall–Kier alpha value is -0.520. The standard InChI is InChI=1S/C7H12.C2H6/c1-5-7(4)6(2)3;1-2/h5H,1H2,2-4H3;1-2H3. The predicted molar refractivity (Wildman–Crippen MR) is 45.6 cm³/mol. The smallest absolute Gasteiger partial charge is 0.0399 e. The Bertz CT molecular complexity index is 92.6. The highest BCUT2D eigenvalue weighted by molar-refractivity contribution is 5.18. The Morgan fingerprint density at radius 3 is 1.44 bits per heavy atom. The van der Waals surface area contributed by atoms with Crippen molar-refractivity contribution >= 4 is 0 Å². The van der Waals surface area contributed by atoms with Gasteiger partial charge in [-0.25, -0.2) is 0 Å². The largest absolute Gasteiger partial charge is 0.0988 e. The van der Waals surface area contributed by atoms with Crippen LogP contribution in [0.4, 0.5) is 0 Å². The van der Waals surface area contributed by atoms with Crippen molar-refractivity contribution in [2.45, 2.75) is 34.6 Å². The maximum atomic E-state index is 3.62. The maximum Gasteiger partial charge on any atom is -0.0399 e. The van der Waals surface area contributed by atoms with Gasteiger partial charge in [0.2, 0.25) is 0 Å². The number of hydrogen-bond donors (Lipinski definition) is 0. The molecule has 0 aromatic rings. The van der Waals surface area contributed by atoms with E-state index < -0.39 is 0 Å². The Balaban J connectivity index is 0. The molecule has 0 aliphatic rings. The zero-order valence-electron chi connectivity index (χ0n) is 7.28. The minimum atomic E-state index is 1.28. The molecule has 0 heterocycles. The zero-order chi connectivity index (χ0) is 7.86. The number of hydrogen-bond acceptors (Lipinski definition) is 0. The van der Waals surface area contributed by atoms with Crippen molar-refractivity contribution in [3.63, 3.8) is 0 Å². The first-order valence-corrected chi connectivity index (χ1v) is 3.45. The molecule has 0 rings (SSSR count). The highest BCUT2D eigenvalue weighted by atomic mass is 13.9. The van der Waals surface area contributed by atoms with Gasteiger partial charge in [0.1, 0.15) is 0 Å². The Labute approximate surface area is 59.3 Å². The molecule has 0 nitrogen and oxygen atoms in total. The van der Waals surface area contributed by atoms with E-state index in [0.29, 0.717) is 0 Å². The first-order chi connectivity index (χ1) is 4.18. The van der Waals surface area contributed by atoms with E-state index >= 15 is 0 Å². The van der Waals surface area contributed by atoms with Crippen LogP contribution in [0, 0.1) is 0 Å². The summed E-state index contributed by atoms with van der Waals surface area (Å²) >= 11 is 0. The van der Waals surface area contributed by atoms with Crippen molar-refractivity contribution in [3.05, 3.63) is 23.8 Å². The van der Waals surface area contributed by atoms with Crippen molar-refractivity contribution in [3.8, 4) is 0 Å². The summed E-state index contributed by atoms with van der Waals surface area (Å²) in [4.78, 5) is 0. The molecule has 0 amide bonds. The quantitative estimate of drug-likeness (QED) is 0.471. The van der Waals surface area contributed by atoms with Crippen molar-refractivity contribution < 1.29 is 0 Å². The van der Waals surface area contributed by atoms with Crippen molar-refractivity contribution in [1.82, 2.24) is 0 Å². The molecule has 54 valence electrons. The summed E-state index contributed by atoms with van der Waals surface area (Å²) in [6, 6.07) is 0. The third-order valence-corrected chi connectivity index (χ3v) is 1.09. The molecule has 0 radical (unpaired) electrons. The van der Waals surface area contributed by atoms with Crippen LogP contribution >= 0.6 is 0 Å². The van der Waals surface area contributed by atoms with E-state index in [1.54, 1.807) is 0 Å². The van der Waals surface area contributed by atoms with Crippen LogP contribution in [0.3, 0.4) is 0 Å². The average Bonchev–Trinajstić information content (AvgIpc) is 1.91. The molecule has 0 atom stereocenters. The fraction of sp³-hybridized carbons (Fsp3) is 0.556. The van der Waals surface area contributed by atoms with Crippen LogP contribution in [-0.2, 0) is 0 Å². The molecule has 0 saturated carbocycles. The van der Waals surface area contributed by atoms with Crippen LogP contribution in [-0.4, -0.2) is 0 Å². The molecule has 0 bridgehead atoms. The highest BCUT2D eigenvalue weighted by Gasteiger charge is 1.79. The minimum absolute atomic E-state index is 1.28. The molecule has 0 aliphatic carbocycles. The monoisotopic (exact) mass is 126 g/mol. The highest BCUT2D eigenvalue weighted by Crippen LogP contribution is 2.00. The molecular weight excluding hydrogens is 108 g/mol. The van der Waals surface area contributed by atoms with E-state index in [1.807, 2.05) is 19.9 Å². The Morgan fingerprint density at radius 1 is 1.11 bits per heavy atom. The van der Waals surface area contributed by atoms with Gasteiger partial charge in [0, 0.05) is 0 Å². The van der Waals surface area contributed by atoms with Gasteiger partial charge in [-0.05, 0) is 20.8 Å². The normalized spacial score (nSPS) is 6.78. The van der Waals surface area contributed by atoms with Crippen LogP contribution in [0.5, 0.6) is 0 Å². The molecular formula is C9H18. The molecule has 0 heteroatoms. The molecule has 0 unspecified atom stereocenters. The number of rotatable bonds is 1. The van der Waals surface area contributed by atoms with Gasteiger partial charge in [0.25, 0.3) is 0 Å². The summed E-state index contributed by atoms with van der Waals surface area (Å²) in [7, 11) is 0. The predicted octanol–water partition coefficient (Wildman–Crippen LogP) is 3.55. The van der Waals surface area contributed by atoms with Crippen LogP contribution in [0.1, 0.15) is 34.6 Å². The topological polar surface area (TPSA) is 0 Å². The lowest BCUT2D eigenvalue weighted by Crippen LogP contribution is -1.69. The first-order valence-electron chi connectivity index (χ1n) is 3.45. The van der Waals surface area contributed by atoms with Crippen LogP contribution in [0.25, 0.3) is 0 Å². The lowest BCUT2D eigenvalue weighted by Gasteiger charge is -1.90. The maximum absolute atomic E-state index is 3.62. The summed E-state index contributed by atoms with van der Waals surface area (Å²) in [5.74, 6) is 0. The van der Waals surface area contributed by atoms with Gasteiger partial charge in [-0.2, -0.15) is 0 Å². The van der Waals surface area contributed by atoms with Gasteiger partial charge in [-0.3, -0.25) is 0 Å². The summed E-state index contributed by atoms with van der Waals surface area (Å²) in [6.07, 6.45) is 1.87. The van der Waals surface area contributed by atoms with Gasteiger partial charge in [0.05, 0.1) is 0 Å². The Kier molecular flexibility index (Phi) is 9.39. The third kappa shape index (κ3) is 7.48. The fourth-order valence-electron chi connectivity index (χ4n) is 0.204. The molecule has 0 aromatic carbocycles. The lowest BCUT2D eigenvalue weighted by atomic mass is 10.2. The average molecular weight is 126 g/mol. The molecule has 0 aromatic heterocycles. The molecule has 0 fully saturated rings. The summed E-state index contributed by atoms with van der Waals surface area (Å²) in [6.45, 7) is 13.8. The third-order valence-electron chi connectivity index (χ3n) is 1.09. The van der Waals surface area contributed by atoms with Gasteiger partial charge in [0.15, 0.2) is 0 Å². The SMILES string of the molecule is C=CC(C)=C(C)C.CC.